The van der Waals surface area contributed by atoms with Gasteiger partial charge in [-0.15, -0.1) is 11.3 Å². The number of hydrogen-bond acceptors (Lipinski definition) is 5. The average Bonchev–Trinajstić information content (AvgIpc) is 3.06. The van der Waals surface area contributed by atoms with Crippen molar-refractivity contribution in [3.63, 3.8) is 0 Å². The fraction of sp³-hybridized carbons (Fsp3) is 0.214. The molecule has 3 heterocycles. The van der Waals surface area contributed by atoms with Crippen LogP contribution in [0.3, 0.4) is 0 Å². The molecular formula is C14H13ClN4O2S2. The molecule has 0 aliphatic carbocycles. The van der Waals surface area contributed by atoms with Gasteiger partial charge in [0.15, 0.2) is 15.1 Å². The highest BCUT2D eigenvalue weighted by Crippen LogP contribution is 2.28. The lowest BCUT2D eigenvalue weighted by atomic mass is 10.0. The van der Waals surface area contributed by atoms with Gasteiger partial charge in [-0.2, -0.15) is 8.42 Å². The number of imidazole rings is 1. The SMILES string of the molecule is O=S(=O)(Nc1ccc2c(c1)CNCC2)c1c(Cl)nc2sccn12. The Labute approximate surface area is 142 Å². The molecule has 2 N–H and O–H groups in total. The van der Waals surface area contributed by atoms with Crippen molar-refractivity contribution in [2.75, 3.05) is 11.3 Å². The molecule has 0 unspecified atom stereocenters. The number of anilines is 1. The molecule has 120 valence electrons. The van der Waals surface area contributed by atoms with Gasteiger partial charge in [0.1, 0.15) is 0 Å². The van der Waals surface area contributed by atoms with Crippen molar-refractivity contribution in [3.8, 4) is 0 Å². The number of hydrogen-bond donors (Lipinski definition) is 2. The third-order valence-corrected chi connectivity index (χ3v) is 6.31. The smallest absolute Gasteiger partial charge is 0.281 e. The number of sulfonamides is 1. The molecule has 0 fully saturated rings. The summed E-state index contributed by atoms with van der Waals surface area (Å²) in [7, 11) is -3.82. The van der Waals surface area contributed by atoms with Crippen LogP contribution in [-0.4, -0.2) is 24.3 Å². The number of aromatic nitrogens is 2. The van der Waals surface area contributed by atoms with Crippen molar-refractivity contribution < 1.29 is 8.42 Å². The normalized spacial score (nSPS) is 14.8. The Hall–Kier alpha value is -1.61. The number of fused-ring (bicyclic) bond motifs is 2. The van der Waals surface area contributed by atoms with Crippen LogP contribution < -0.4 is 10.0 Å². The molecule has 2 aromatic heterocycles. The van der Waals surface area contributed by atoms with Gasteiger partial charge in [-0.25, -0.2) is 4.98 Å². The van der Waals surface area contributed by atoms with Gasteiger partial charge < -0.3 is 5.32 Å². The number of thiazole rings is 1. The molecule has 0 bridgehead atoms. The summed E-state index contributed by atoms with van der Waals surface area (Å²) in [4.78, 5) is 4.62. The molecule has 1 aliphatic rings. The maximum atomic E-state index is 12.7. The molecule has 0 atom stereocenters. The maximum absolute atomic E-state index is 12.7. The summed E-state index contributed by atoms with van der Waals surface area (Å²) in [5, 5.41) is 4.98. The predicted octanol–water partition coefficient (Wildman–Crippen LogP) is 2.50. The minimum absolute atomic E-state index is 0.0241. The zero-order valence-corrected chi connectivity index (χ0v) is 14.3. The number of benzene rings is 1. The van der Waals surface area contributed by atoms with Crippen LogP contribution in [-0.2, 0) is 23.0 Å². The first kappa shape index (κ1) is 14.9. The molecule has 0 saturated carbocycles. The molecule has 0 radical (unpaired) electrons. The number of nitrogens with zero attached hydrogens (tertiary/aromatic N) is 2. The van der Waals surface area contributed by atoms with Crippen molar-refractivity contribution in [3.05, 3.63) is 46.1 Å². The maximum Gasteiger partial charge on any atom is 0.281 e. The van der Waals surface area contributed by atoms with E-state index in [0.717, 1.165) is 25.1 Å². The summed E-state index contributed by atoms with van der Waals surface area (Å²) in [6.07, 6.45) is 2.59. The molecule has 0 spiro atoms. The molecular weight excluding hydrogens is 356 g/mol. The van der Waals surface area contributed by atoms with Crippen LogP contribution in [0.1, 0.15) is 11.1 Å². The highest BCUT2D eigenvalue weighted by atomic mass is 35.5. The second kappa shape index (κ2) is 5.48. The predicted molar refractivity (Wildman–Crippen MR) is 90.7 cm³/mol. The highest BCUT2D eigenvalue weighted by Gasteiger charge is 2.25. The van der Waals surface area contributed by atoms with Gasteiger partial charge in [-0.1, -0.05) is 17.7 Å². The second-order valence-electron chi connectivity index (χ2n) is 5.28. The van der Waals surface area contributed by atoms with E-state index in [0.29, 0.717) is 10.6 Å². The number of halogens is 1. The average molecular weight is 369 g/mol. The first-order valence-electron chi connectivity index (χ1n) is 7.01. The first-order chi connectivity index (χ1) is 11.0. The van der Waals surface area contributed by atoms with Gasteiger partial charge in [0, 0.05) is 23.8 Å². The lowest BCUT2D eigenvalue weighted by molar-refractivity contribution is 0.596. The topological polar surface area (TPSA) is 75.5 Å². The molecule has 0 saturated heterocycles. The van der Waals surface area contributed by atoms with Gasteiger partial charge >= 0.3 is 0 Å². The zero-order valence-electron chi connectivity index (χ0n) is 11.9. The quantitative estimate of drug-likeness (QED) is 0.744. The van der Waals surface area contributed by atoms with Crippen molar-refractivity contribution in [2.45, 2.75) is 18.0 Å². The van der Waals surface area contributed by atoms with Crippen LogP contribution in [0, 0.1) is 0 Å². The van der Waals surface area contributed by atoms with E-state index in [1.165, 1.54) is 21.3 Å². The Morgan fingerprint density at radius 3 is 3.09 bits per heavy atom. The van der Waals surface area contributed by atoms with Crippen molar-refractivity contribution >= 4 is 43.6 Å². The fourth-order valence-corrected chi connectivity index (χ4v) is 5.23. The Bertz CT molecular complexity index is 994. The first-order valence-corrected chi connectivity index (χ1v) is 9.75. The van der Waals surface area contributed by atoms with Gasteiger partial charge in [0.05, 0.1) is 0 Å². The summed E-state index contributed by atoms with van der Waals surface area (Å²) < 4.78 is 29.5. The van der Waals surface area contributed by atoms with E-state index >= 15 is 0 Å². The fourth-order valence-electron chi connectivity index (χ4n) is 2.73. The lowest BCUT2D eigenvalue weighted by Gasteiger charge is -2.18. The molecule has 0 amide bonds. The van der Waals surface area contributed by atoms with Crippen LogP contribution in [0.5, 0.6) is 0 Å². The van der Waals surface area contributed by atoms with E-state index in [-0.39, 0.29) is 10.2 Å². The van der Waals surface area contributed by atoms with Crippen molar-refractivity contribution in [1.29, 1.82) is 0 Å². The molecule has 9 heteroatoms. The Balaban J connectivity index is 1.72. The van der Waals surface area contributed by atoms with E-state index in [2.05, 4.69) is 15.0 Å². The summed E-state index contributed by atoms with van der Waals surface area (Å²) >= 11 is 7.35. The monoisotopic (exact) mass is 368 g/mol. The lowest BCUT2D eigenvalue weighted by Crippen LogP contribution is -2.24. The van der Waals surface area contributed by atoms with Gasteiger partial charge in [0.25, 0.3) is 10.0 Å². The van der Waals surface area contributed by atoms with E-state index in [1.807, 2.05) is 12.1 Å². The Morgan fingerprint density at radius 1 is 1.35 bits per heavy atom. The molecule has 3 aromatic rings. The third kappa shape index (κ3) is 2.61. The minimum Gasteiger partial charge on any atom is -0.312 e. The zero-order chi connectivity index (χ0) is 16.0. The molecule has 1 aromatic carbocycles. The van der Waals surface area contributed by atoms with E-state index in [4.69, 9.17) is 11.6 Å². The largest absolute Gasteiger partial charge is 0.312 e. The van der Waals surface area contributed by atoms with Gasteiger partial charge in [-0.3, -0.25) is 9.12 Å². The van der Waals surface area contributed by atoms with Crippen LogP contribution >= 0.6 is 22.9 Å². The number of nitrogens with one attached hydrogen (secondary N) is 2. The summed E-state index contributed by atoms with van der Waals surface area (Å²) in [5.41, 5.74) is 2.87. The van der Waals surface area contributed by atoms with Gasteiger partial charge in [-0.05, 0) is 36.2 Å². The van der Waals surface area contributed by atoms with Crippen LogP contribution in [0.2, 0.25) is 5.15 Å². The van der Waals surface area contributed by atoms with Gasteiger partial charge in [0.2, 0.25) is 0 Å². The van der Waals surface area contributed by atoms with Crippen LogP contribution in [0.15, 0.2) is 34.8 Å². The third-order valence-electron chi connectivity index (χ3n) is 3.78. The molecule has 23 heavy (non-hydrogen) atoms. The second-order valence-corrected chi connectivity index (χ2v) is 8.11. The molecule has 1 aliphatic heterocycles. The van der Waals surface area contributed by atoms with Crippen LogP contribution in [0.25, 0.3) is 4.96 Å². The number of rotatable bonds is 3. The van der Waals surface area contributed by atoms with Crippen molar-refractivity contribution in [1.82, 2.24) is 14.7 Å². The Kier molecular flexibility index (Phi) is 3.56. The molecule has 6 nitrogen and oxygen atoms in total. The molecule has 4 rings (SSSR count). The summed E-state index contributed by atoms with van der Waals surface area (Å²) in [6.45, 7) is 1.69. The summed E-state index contributed by atoms with van der Waals surface area (Å²) in [6, 6.07) is 5.60. The summed E-state index contributed by atoms with van der Waals surface area (Å²) in [5.74, 6) is 0. The highest BCUT2D eigenvalue weighted by molar-refractivity contribution is 7.92. The van der Waals surface area contributed by atoms with Crippen molar-refractivity contribution in [2.24, 2.45) is 0 Å². The van der Waals surface area contributed by atoms with E-state index < -0.39 is 10.0 Å². The minimum atomic E-state index is -3.82. The standard InChI is InChI=1S/C14H13ClN4O2S2/c15-12-13(19-5-6-22-14(19)17-12)23(20,21)18-11-2-1-9-3-4-16-8-10(9)7-11/h1-2,5-7,16,18H,3-4,8H2. The Morgan fingerprint density at radius 2 is 2.22 bits per heavy atom. The van der Waals surface area contributed by atoms with E-state index in [1.54, 1.807) is 17.6 Å². The van der Waals surface area contributed by atoms with E-state index in [9.17, 15) is 8.42 Å². The van der Waals surface area contributed by atoms with Crippen LogP contribution in [0.4, 0.5) is 5.69 Å².